The van der Waals surface area contributed by atoms with Crippen LogP contribution in [0.1, 0.15) is 54.8 Å². The summed E-state index contributed by atoms with van der Waals surface area (Å²) in [5.74, 6) is 1.97. The van der Waals surface area contributed by atoms with Crippen molar-refractivity contribution < 1.29 is 9.53 Å². The number of hydrogen-bond acceptors (Lipinski definition) is 8. The second-order valence-corrected chi connectivity index (χ2v) is 9.97. The minimum absolute atomic E-state index is 0.0267. The van der Waals surface area contributed by atoms with Crippen LogP contribution in [0, 0.1) is 5.92 Å². The summed E-state index contributed by atoms with van der Waals surface area (Å²) in [6.07, 6.45) is 11.4. The predicted molar refractivity (Wildman–Crippen MR) is 140 cm³/mol. The van der Waals surface area contributed by atoms with Gasteiger partial charge in [0.05, 0.1) is 30.2 Å². The summed E-state index contributed by atoms with van der Waals surface area (Å²) in [5, 5.41) is 13.9. The second-order valence-electron chi connectivity index (χ2n) is 9.07. The molecule has 1 amide bonds. The van der Waals surface area contributed by atoms with Gasteiger partial charge in [-0.2, -0.15) is 10.2 Å². The van der Waals surface area contributed by atoms with Crippen LogP contribution in [0.25, 0.3) is 16.9 Å². The SMILES string of the molecule is CCl.COC1CC(NC(=O)c2nccs2)CC(n2c(CC(C)C)nc3cnc(-n4nccn4)cc32)C1. The van der Waals surface area contributed by atoms with Gasteiger partial charge in [0.1, 0.15) is 11.3 Å². The molecule has 0 bridgehead atoms. The van der Waals surface area contributed by atoms with Crippen LogP contribution in [0.2, 0.25) is 0 Å². The first-order valence-electron chi connectivity index (χ1n) is 11.9. The summed E-state index contributed by atoms with van der Waals surface area (Å²) < 4.78 is 8.12. The topological polar surface area (TPSA) is 113 Å². The van der Waals surface area contributed by atoms with E-state index in [-0.39, 0.29) is 24.1 Å². The van der Waals surface area contributed by atoms with Crippen molar-refractivity contribution in [2.24, 2.45) is 5.92 Å². The van der Waals surface area contributed by atoms with Gasteiger partial charge in [0.25, 0.3) is 5.91 Å². The van der Waals surface area contributed by atoms with Crippen molar-refractivity contribution in [2.45, 2.75) is 57.7 Å². The highest BCUT2D eigenvalue weighted by molar-refractivity contribution is 7.11. The molecule has 12 heteroatoms. The van der Waals surface area contributed by atoms with E-state index in [1.165, 1.54) is 22.5 Å². The van der Waals surface area contributed by atoms with Crippen LogP contribution in [0.15, 0.2) is 36.2 Å². The van der Waals surface area contributed by atoms with Crippen LogP contribution in [-0.4, -0.2) is 66.1 Å². The Kier molecular flexibility index (Phi) is 8.65. The number of amides is 1. The number of fused-ring (bicyclic) bond motifs is 1. The molecular weight excluding hydrogens is 500 g/mol. The third-order valence-electron chi connectivity index (χ3n) is 6.15. The van der Waals surface area contributed by atoms with Crippen molar-refractivity contribution in [3.63, 3.8) is 0 Å². The molecule has 4 aromatic heterocycles. The number of nitrogens with zero attached hydrogens (tertiary/aromatic N) is 7. The van der Waals surface area contributed by atoms with E-state index in [1.54, 1.807) is 31.9 Å². The molecule has 0 spiro atoms. The lowest BCUT2D eigenvalue weighted by Crippen LogP contribution is -2.43. The highest BCUT2D eigenvalue weighted by Gasteiger charge is 2.33. The van der Waals surface area contributed by atoms with Crippen molar-refractivity contribution in [3.8, 4) is 5.82 Å². The number of nitrogens with one attached hydrogen (secondary N) is 1. The fraction of sp³-hybridized carbons (Fsp3) is 0.500. The van der Waals surface area contributed by atoms with Crippen molar-refractivity contribution in [2.75, 3.05) is 13.5 Å². The summed E-state index contributed by atoms with van der Waals surface area (Å²) in [5.41, 5.74) is 1.83. The van der Waals surface area contributed by atoms with Gasteiger partial charge in [-0.05, 0) is 25.2 Å². The molecule has 1 aliphatic rings. The minimum atomic E-state index is -0.135. The molecule has 4 heterocycles. The van der Waals surface area contributed by atoms with Crippen LogP contribution in [0.3, 0.4) is 0 Å². The van der Waals surface area contributed by atoms with E-state index in [9.17, 15) is 4.79 Å². The number of carbonyl (C=O) groups excluding carboxylic acids is 1. The number of carbonyl (C=O) groups is 1. The zero-order valence-corrected chi connectivity index (χ0v) is 22.4. The van der Waals surface area contributed by atoms with Gasteiger partial charge in [0.15, 0.2) is 10.8 Å². The molecule has 0 radical (unpaired) electrons. The third-order valence-corrected chi connectivity index (χ3v) is 6.92. The number of alkyl halides is 1. The Bertz CT molecular complexity index is 1260. The number of halogens is 1. The number of imidazole rings is 1. The Balaban J connectivity index is 0.00000148. The normalized spacial score (nSPS) is 19.8. The Hall–Kier alpha value is -2.89. The average molecular weight is 531 g/mol. The van der Waals surface area contributed by atoms with E-state index < -0.39 is 0 Å². The van der Waals surface area contributed by atoms with Gasteiger partial charge in [-0.15, -0.1) is 27.7 Å². The molecule has 0 saturated heterocycles. The number of methoxy groups -OCH3 is 1. The number of ether oxygens (including phenoxy) is 1. The molecule has 0 aliphatic heterocycles. The van der Waals surface area contributed by atoms with E-state index in [2.05, 4.69) is 55.5 Å². The van der Waals surface area contributed by atoms with Gasteiger partial charge in [-0.1, -0.05) is 13.8 Å². The Morgan fingerprint density at radius 2 is 1.97 bits per heavy atom. The molecule has 3 atom stereocenters. The van der Waals surface area contributed by atoms with Gasteiger partial charge >= 0.3 is 0 Å². The standard InChI is InChI=1S/C23H28N8O2S.CH3Cl/c1-14(2)8-21-29-18-13-25-20(31-26-4-5-27-31)12-19(18)30(21)16-9-15(10-17(11-16)33-3)28-22(32)23-24-6-7-34-23;1-2/h4-7,12-17H,8-11H2,1-3H3,(H,28,32);1H3. The maximum atomic E-state index is 12.7. The molecule has 3 unspecified atom stereocenters. The van der Waals surface area contributed by atoms with E-state index in [1.807, 2.05) is 11.4 Å². The largest absolute Gasteiger partial charge is 0.381 e. The summed E-state index contributed by atoms with van der Waals surface area (Å²) in [4.78, 5) is 27.8. The van der Waals surface area contributed by atoms with Crippen LogP contribution in [0.5, 0.6) is 0 Å². The molecule has 1 fully saturated rings. The first kappa shape index (κ1) is 26.2. The van der Waals surface area contributed by atoms with Crippen LogP contribution < -0.4 is 5.32 Å². The van der Waals surface area contributed by atoms with Crippen molar-refractivity contribution in [1.82, 2.24) is 39.8 Å². The minimum Gasteiger partial charge on any atom is -0.381 e. The van der Waals surface area contributed by atoms with E-state index in [4.69, 9.17) is 9.72 Å². The number of aromatic nitrogens is 7. The summed E-state index contributed by atoms with van der Waals surface area (Å²) in [7, 11) is 1.74. The predicted octanol–water partition coefficient (Wildman–Crippen LogP) is 4.06. The highest BCUT2D eigenvalue weighted by atomic mass is 35.5. The average Bonchev–Trinajstić information content (AvgIpc) is 3.65. The zero-order valence-electron chi connectivity index (χ0n) is 20.8. The molecule has 192 valence electrons. The van der Waals surface area contributed by atoms with Crippen LogP contribution >= 0.6 is 22.9 Å². The molecule has 4 aromatic rings. The third kappa shape index (κ3) is 5.74. The first-order chi connectivity index (χ1) is 17.5. The van der Waals surface area contributed by atoms with Crippen molar-refractivity contribution >= 4 is 39.9 Å². The van der Waals surface area contributed by atoms with Crippen molar-refractivity contribution in [1.29, 1.82) is 0 Å². The monoisotopic (exact) mass is 530 g/mol. The number of hydrogen-bond donors (Lipinski definition) is 1. The lowest BCUT2D eigenvalue weighted by molar-refractivity contribution is 0.0390. The quantitative estimate of drug-likeness (QED) is 0.358. The molecule has 1 N–H and O–H groups in total. The molecule has 36 heavy (non-hydrogen) atoms. The molecule has 10 nitrogen and oxygen atoms in total. The highest BCUT2D eigenvalue weighted by Crippen LogP contribution is 2.35. The zero-order chi connectivity index (χ0) is 25.7. The summed E-state index contributed by atoms with van der Waals surface area (Å²) in [6, 6.07) is 2.07. The molecule has 1 saturated carbocycles. The van der Waals surface area contributed by atoms with Gasteiger partial charge in [-0.3, -0.25) is 4.79 Å². The second kappa shape index (κ2) is 11.9. The van der Waals surface area contributed by atoms with E-state index in [0.717, 1.165) is 42.5 Å². The number of thiazole rings is 1. The molecular formula is C24H31ClN8O2S. The lowest BCUT2D eigenvalue weighted by Gasteiger charge is -2.36. The molecule has 1 aliphatic carbocycles. The maximum Gasteiger partial charge on any atom is 0.280 e. The smallest absolute Gasteiger partial charge is 0.280 e. The fourth-order valence-electron chi connectivity index (χ4n) is 4.74. The van der Waals surface area contributed by atoms with Crippen LogP contribution in [0.4, 0.5) is 0 Å². The first-order valence-corrected chi connectivity index (χ1v) is 13.5. The van der Waals surface area contributed by atoms with Gasteiger partial charge < -0.3 is 14.6 Å². The van der Waals surface area contributed by atoms with E-state index >= 15 is 0 Å². The fourth-order valence-corrected chi connectivity index (χ4v) is 5.28. The molecule has 0 aromatic carbocycles. The van der Waals surface area contributed by atoms with Crippen molar-refractivity contribution in [3.05, 3.63) is 47.1 Å². The van der Waals surface area contributed by atoms with Gasteiger partial charge in [0, 0.05) is 49.6 Å². The van der Waals surface area contributed by atoms with Gasteiger partial charge in [0.2, 0.25) is 0 Å². The Morgan fingerprint density at radius 3 is 2.64 bits per heavy atom. The number of rotatable bonds is 7. The summed E-state index contributed by atoms with van der Waals surface area (Å²) in [6.45, 7) is 4.38. The lowest BCUT2D eigenvalue weighted by atomic mass is 9.88. The Morgan fingerprint density at radius 1 is 1.19 bits per heavy atom. The Labute approximate surface area is 219 Å². The van der Waals surface area contributed by atoms with Gasteiger partial charge in [-0.25, -0.2) is 15.0 Å². The van der Waals surface area contributed by atoms with Crippen LogP contribution in [-0.2, 0) is 11.2 Å². The summed E-state index contributed by atoms with van der Waals surface area (Å²) >= 11 is 5.98. The molecule has 5 rings (SSSR count). The maximum absolute atomic E-state index is 12.7. The number of pyridine rings is 1. The van der Waals surface area contributed by atoms with E-state index in [0.29, 0.717) is 16.7 Å².